The first-order valence-corrected chi connectivity index (χ1v) is 8.01. The molecule has 0 fully saturated rings. The molecular formula is C16H21N9O2. The van der Waals surface area contributed by atoms with Gasteiger partial charge in [-0.1, -0.05) is 6.92 Å². The molecule has 27 heavy (non-hydrogen) atoms. The van der Waals surface area contributed by atoms with Crippen LogP contribution in [0.3, 0.4) is 0 Å². The van der Waals surface area contributed by atoms with Gasteiger partial charge in [-0.15, -0.1) is 0 Å². The Bertz CT molecular complexity index is 958. The summed E-state index contributed by atoms with van der Waals surface area (Å²) in [5, 5.41) is 15.6. The molecular weight excluding hydrogens is 350 g/mol. The molecule has 2 rings (SSSR count). The van der Waals surface area contributed by atoms with Crippen molar-refractivity contribution in [2.24, 2.45) is 34.2 Å². The van der Waals surface area contributed by atoms with Gasteiger partial charge in [0.25, 0.3) is 5.91 Å². The highest BCUT2D eigenvalue weighted by atomic mass is 16.1. The first kappa shape index (κ1) is 19.6. The van der Waals surface area contributed by atoms with Gasteiger partial charge in [0.15, 0.2) is 11.5 Å². The van der Waals surface area contributed by atoms with Crippen LogP contribution in [-0.2, 0) is 16.6 Å². The number of anilines is 1. The van der Waals surface area contributed by atoms with E-state index in [4.69, 9.17) is 22.6 Å². The van der Waals surface area contributed by atoms with Crippen molar-refractivity contribution < 1.29 is 9.59 Å². The number of aryl methyl sites for hydroxylation is 1. The van der Waals surface area contributed by atoms with Crippen LogP contribution in [0.2, 0.25) is 0 Å². The second-order valence-corrected chi connectivity index (χ2v) is 5.68. The number of nitrogens with two attached hydrogens (primary N) is 3. The number of aliphatic imine (C=N–C) groups is 2. The Morgan fingerprint density at radius 3 is 2.63 bits per heavy atom. The highest BCUT2D eigenvalue weighted by Crippen LogP contribution is 2.18. The molecule has 142 valence electrons. The largest absolute Gasteiger partial charge is 0.368 e. The van der Waals surface area contributed by atoms with Crippen molar-refractivity contribution in [3.8, 4) is 0 Å². The van der Waals surface area contributed by atoms with Crippen molar-refractivity contribution in [1.82, 2.24) is 9.78 Å². The van der Waals surface area contributed by atoms with E-state index in [2.05, 4.69) is 20.4 Å². The fourth-order valence-corrected chi connectivity index (χ4v) is 2.30. The summed E-state index contributed by atoms with van der Waals surface area (Å²) < 4.78 is 1.71. The van der Waals surface area contributed by atoms with E-state index in [0.717, 1.165) is 10.9 Å². The Morgan fingerprint density at radius 2 is 2.04 bits per heavy atom. The Balaban J connectivity index is 2.38. The number of nitrogens with one attached hydrogen (secondary N) is 2. The van der Waals surface area contributed by atoms with Gasteiger partial charge in [-0.25, -0.2) is 4.99 Å². The van der Waals surface area contributed by atoms with Crippen LogP contribution in [0.25, 0.3) is 10.9 Å². The molecule has 1 aromatic heterocycles. The van der Waals surface area contributed by atoms with Crippen molar-refractivity contribution in [2.75, 3.05) is 5.32 Å². The van der Waals surface area contributed by atoms with E-state index in [1.54, 1.807) is 29.9 Å². The quantitative estimate of drug-likeness (QED) is 0.336. The van der Waals surface area contributed by atoms with Crippen LogP contribution in [0.5, 0.6) is 0 Å². The van der Waals surface area contributed by atoms with Gasteiger partial charge >= 0.3 is 0 Å². The maximum absolute atomic E-state index is 11.4. The van der Waals surface area contributed by atoms with Gasteiger partial charge in [-0.05, 0) is 24.6 Å². The number of carbonyl (C=O) groups is 2. The van der Waals surface area contributed by atoms with E-state index >= 15 is 0 Å². The number of aromatic nitrogens is 2. The molecule has 0 saturated heterocycles. The van der Waals surface area contributed by atoms with E-state index < -0.39 is 23.6 Å². The average Bonchev–Trinajstić information content (AvgIpc) is 2.98. The van der Waals surface area contributed by atoms with Gasteiger partial charge in [0.05, 0.1) is 11.7 Å². The van der Waals surface area contributed by atoms with Gasteiger partial charge in [0.2, 0.25) is 11.9 Å². The molecule has 1 heterocycles. The van der Waals surface area contributed by atoms with Gasteiger partial charge in [-0.2, -0.15) is 10.1 Å². The molecule has 0 spiro atoms. The monoisotopic (exact) mass is 371 g/mol. The topological polar surface area (TPSA) is 191 Å². The number of amidine groups is 1. The molecule has 0 aliphatic carbocycles. The molecule has 8 N–H and O–H groups in total. The van der Waals surface area contributed by atoms with Crippen LogP contribution in [0.4, 0.5) is 5.69 Å². The summed E-state index contributed by atoms with van der Waals surface area (Å²) in [6, 6.07) is 4.44. The van der Waals surface area contributed by atoms with Gasteiger partial charge in [0, 0.05) is 18.1 Å². The lowest BCUT2D eigenvalue weighted by molar-refractivity contribution is -0.119. The number of hydrogen-bond donors (Lipinski definition) is 5. The number of primary amides is 2. The summed E-state index contributed by atoms with van der Waals surface area (Å²) in [6.07, 6.45) is 2.00. The van der Waals surface area contributed by atoms with E-state index in [0.29, 0.717) is 12.1 Å². The van der Waals surface area contributed by atoms with E-state index in [1.165, 1.54) is 0 Å². The van der Waals surface area contributed by atoms with Crippen molar-refractivity contribution >= 4 is 45.9 Å². The van der Waals surface area contributed by atoms with Gasteiger partial charge < -0.3 is 22.5 Å². The Morgan fingerprint density at radius 1 is 1.33 bits per heavy atom. The van der Waals surface area contributed by atoms with E-state index in [1.807, 2.05) is 13.1 Å². The summed E-state index contributed by atoms with van der Waals surface area (Å²) in [4.78, 5) is 30.5. The molecule has 0 aliphatic rings. The Hall–Kier alpha value is -3.76. The van der Waals surface area contributed by atoms with Crippen molar-refractivity contribution in [1.29, 1.82) is 5.41 Å². The van der Waals surface area contributed by atoms with Crippen LogP contribution in [0.15, 0.2) is 34.4 Å². The number of nitrogens with zero attached hydrogens (tertiary/aromatic N) is 4. The number of fused-ring (bicyclic) bond motifs is 1. The van der Waals surface area contributed by atoms with Crippen molar-refractivity contribution in [3.63, 3.8) is 0 Å². The van der Waals surface area contributed by atoms with Gasteiger partial charge in [-0.3, -0.25) is 19.7 Å². The molecule has 1 aromatic carbocycles. The maximum atomic E-state index is 11.4. The van der Waals surface area contributed by atoms with Crippen molar-refractivity contribution in [3.05, 3.63) is 24.4 Å². The SMILES string of the molecule is CC[C@@H](N=C(N)/N=C(/Nc1ccc2c(cnn2C)c1)C(=N)C(N)=O)C(N)=O. The molecule has 2 aromatic rings. The number of hydrogen-bond acceptors (Lipinski definition) is 5. The summed E-state index contributed by atoms with van der Waals surface area (Å²) in [5.41, 5.74) is 17.0. The molecule has 0 aliphatic heterocycles. The number of amides is 2. The first-order chi connectivity index (χ1) is 12.7. The van der Waals surface area contributed by atoms with E-state index in [-0.39, 0.29) is 11.8 Å². The minimum atomic E-state index is -1.00. The molecule has 2 amide bonds. The zero-order valence-corrected chi connectivity index (χ0v) is 14.9. The smallest absolute Gasteiger partial charge is 0.270 e. The lowest BCUT2D eigenvalue weighted by Gasteiger charge is -2.10. The van der Waals surface area contributed by atoms with Crippen LogP contribution in [0.1, 0.15) is 13.3 Å². The highest BCUT2D eigenvalue weighted by Gasteiger charge is 2.16. The molecule has 0 bridgehead atoms. The predicted molar refractivity (Wildman–Crippen MR) is 104 cm³/mol. The molecule has 0 saturated carbocycles. The standard InChI is InChI=1S/C16H21N9O2/c1-3-10(13(18)26)23-16(20)24-15(12(17)14(19)27)22-9-4-5-11-8(6-9)7-21-25(11)2/h4-7,10,17H,3H2,1-2H3,(H2,18,26)(H2,19,27)(H3,20,22,23,24)/t10-/m1/s1. The number of guanidine groups is 1. The molecule has 11 nitrogen and oxygen atoms in total. The molecule has 1 atom stereocenters. The van der Waals surface area contributed by atoms with Crippen LogP contribution >= 0.6 is 0 Å². The summed E-state index contributed by atoms with van der Waals surface area (Å²) in [7, 11) is 1.81. The Kier molecular flexibility index (Phi) is 5.85. The minimum absolute atomic E-state index is 0.202. The van der Waals surface area contributed by atoms with Crippen LogP contribution in [0, 0.1) is 5.41 Å². The van der Waals surface area contributed by atoms with Crippen LogP contribution < -0.4 is 22.5 Å². The summed E-state index contributed by atoms with van der Waals surface area (Å²) in [6.45, 7) is 1.71. The normalized spacial score (nSPS) is 13.4. The first-order valence-electron chi connectivity index (χ1n) is 8.01. The van der Waals surface area contributed by atoms with Gasteiger partial charge in [0.1, 0.15) is 6.04 Å². The third-order valence-electron chi connectivity index (χ3n) is 3.72. The van der Waals surface area contributed by atoms with Crippen LogP contribution in [-0.4, -0.2) is 45.1 Å². The predicted octanol–water partition coefficient (Wildman–Crippen LogP) is -0.533. The summed E-state index contributed by atoms with van der Waals surface area (Å²) >= 11 is 0. The molecule has 11 heteroatoms. The fourth-order valence-electron chi connectivity index (χ4n) is 2.30. The zero-order chi connectivity index (χ0) is 20.1. The minimum Gasteiger partial charge on any atom is -0.368 e. The average molecular weight is 371 g/mol. The third kappa shape index (κ3) is 4.66. The summed E-state index contributed by atoms with van der Waals surface area (Å²) in [5.74, 6) is -2.17. The number of carbonyl (C=O) groups excluding carboxylic acids is 2. The number of rotatable bonds is 6. The molecule has 0 radical (unpaired) electrons. The van der Waals surface area contributed by atoms with Crippen molar-refractivity contribution in [2.45, 2.75) is 19.4 Å². The maximum Gasteiger partial charge on any atom is 0.270 e. The highest BCUT2D eigenvalue weighted by molar-refractivity contribution is 6.67. The lowest BCUT2D eigenvalue weighted by Crippen LogP contribution is -2.36. The molecule has 0 unspecified atom stereocenters. The number of benzene rings is 1. The lowest BCUT2D eigenvalue weighted by atomic mass is 10.2. The second-order valence-electron chi connectivity index (χ2n) is 5.68. The zero-order valence-electron chi connectivity index (χ0n) is 14.9. The Labute approximate surface area is 154 Å². The fraction of sp³-hybridized carbons (Fsp3) is 0.250. The second kappa shape index (κ2) is 8.08. The van der Waals surface area contributed by atoms with E-state index in [9.17, 15) is 9.59 Å². The third-order valence-corrected chi connectivity index (χ3v) is 3.72.